The van der Waals surface area contributed by atoms with Crippen LogP contribution in [0, 0.1) is 0 Å². The molecule has 0 saturated carbocycles. The van der Waals surface area contributed by atoms with Crippen molar-refractivity contribution in [3.8, 4) is 11.1 Å². The van der Waals surface area contributed by atoms with Gasteiger partial charge in [0, 0.05) is 48.7 Å². The fraction of sp³-hybridized carbons (Fsp3) is 0.200. The van der Waals surface area contributed by atoms with E-state index in [-0.39, 0.29) is 0 Å². The minimum Gasteiger partial charge on any atom is -0.378 e. The number of morpholine rings is 1. The Kier molecular flexibility index (Phi) is 6.29. The van der Waals surface area contributed by atoms with Gasteiger partial charge in [-0.3, -0.25) is 4.31 Å². The van der Waals surface area contributed by atoms with Gasteiger partial charge in [0.05, 0.1) is 24.4 Å². The summed E-state index contributed by atoms with van der Waals surface area (Å²) in [7, 11) is -1.15. The van der Waals surface area contributed by atoms with Crippen LogP contribution in [0.15, 0.2) is 72.9 Å². The van der Waals surface area contributed by atoms with Crippen LogP contribution in [0.1, 0.15) is 0 Å². The van der Waals surface area contributed by atoms with Gasteiger partial charge in [-0.2, -0.15) is 0 Å². The van der Waals surface area contributed by atoms with Crippen molar-refractivity contribution in [2.24, 2.45) is 0 Å². The Balaban J connectivity index is 1.44. The first kappa shape index (κ1) is 22.1. The number of rotatable bonds is 6. The Morgan fingerprint density at radius 2 is 1.76 bits per heavy atom. The van der Waals surface area contributed by atoms with E-state index in [1.165, 1.54) is 11.4 Å². The van der Waals surface area contributed by atoms with E-state index in [4.69, 9.17) is 9.72 Å². The second-order valence-electron chi connectivity index (χ2n) is 8.02. The summed E-state index contributed by atoms with van der Waals surface area (Å²) in [5, 5.41) is 4.26. The van der Waals surface area contributed by atoms with Crippen molar-refractivity contribution < 1.29 is 13.2 Å². The van der Waals surface area contributed by atoms with Gasteiger partial charge in [0.15, 0.2) is 0 Å². The standard InChI is InChI=1S/C25H25N5O3S/c1-29(34(31)32)21-10-8-18(9-11-21)23-7-2-4-19-17-26-25(28-24(19)23)27-20-5-3-6-22(16-20)30-12-14-33-15-13-30/h2-11,16-17,34H,12-15H2,1H3,(H,26,27,28). The lowest BCUT2D eigenvalue weighted by molar-refractivity contribution is 0.122. The van der Waals surface area contributed by atoms with Crippen LogP contribution in [-0.4, -0.2) is 51.7 Å². The van der Waals surface area contributed by atoms with E-state index in [0.29, 0.717) is 11.6 Å². The van der Waals surface area contributed by atoms with Gasteiger partial charge in [-0.1, -0.05) is 36.4 Å². The fourth-order valence-electron chi connectivity index (χ4n) is 4.03. The third kappa shape index (κ3) is 4.66. The zero-order chi connectivity index (χ0) is 23.5. The molecule has 0 unspecified atom stereocenters. The summed E-state index contributed by atoms with van der Waals surface area (Å²) in [6.07, 6.45) is 1.81. The molecule has 1 saturated heterocycles. The topological polar surface area (TPSA) is 87.7 Å². The van der Waals surface area contributed by atoms with E-state index in [1.54, 1.807) is 12.1 Å². The van der Waals surface area contributed by atoms with Gasteiger partial charge in [0.1, 0.15) is 0 Å². The number of hydrogen-bond acceptors (Lipinski definition) is 7. The van der Waals surface area contributed by atoms with Crippen molar-refractivity contribution in [1.82, 2.24) is 9.97 Å². The maximum atomic E-state index is 11.3. The van der Waals surface area contributed by atoms with Crippen LogP contribution in [0.4, 0.5) is 23.0 Å². The minimum atomic E-state index is -2.67. The molecule has 1 aromatic heterocycles. The quantitative estimate of drug-likeness (QED) is 0.410. The molecule has 0 bridgehead atoms. The molecule has 1 aliphatic heterocycles. The van der Waals surface area contributed by atoms with E-state index >= 15 is 0 Å². The van der Waals surface area contributed by atoms with Gasteiger partial charge in [-0.25, -0.2) is 18.4 Å². The summed E-state index contributed by atoms with van der Waals surface area (Å²) < 4.78 is 29.2. The second kappa shape index (κ2) is 9.66. The molecule has 0 radical (unpaired) electrons. The summed E-state index contributed by atoms with van der Waals surface area (Å²) in [5.41, 5.74) is 5.38. The first-order chi connectivity index (χ1) is 16.6. The molecular weight excluding hydrogens is 450 g/mol. The minimum absolute atomic E-state index is 0.513. The third-order valence-corrected chi connectivity index (χ3v) is 6.61. The second-order valence-corrected chi connectivity index (χ2v) is 9.10. The Morgan fingerprint density at radius 1 is 1.00 bits per heavy atom. The smallest absolute Gasteiger partial charge is 0.227 e. The highest BCUT2D eigenvalue weighted by atomic mass is 32.2. The lowest BCUT2D eigenvalue weighted by atomic mass is 10.0. The van der Waals surface area contributed by atoms with Crippen LogP contribution in [0.2, 0.25) is 0 Å². The Morgan fingerprint density at radius 3 is 2.53 bits per heavy atom. The molecule has 1 fully saturated rings. The molecule has 0 amide bonds. The highest BCUT2D eigenvalue weighted by Crippen LogP contribution is 2.30. The number of benzene rings is 3. The summed E-state index contributed by atoms with van der Waals surface area (Å²) in [6, 6.07) is 21.5. The molecule has 4 aromatic rings. The van der Waals surface area contributed by atoms with Gasteiger partial charge in [0.25, 0.3) is 0 Å². The average molecular weight is 476 g/mol. The molecule has 5 rings (SSSR count). The normalized spacial score (nSPS) is 13.9. The van der Waals surface area contributed by atoms with Crippen molar-refractivity contribution in [2.75, 3.05) is 47.9 Å². The van der Waals surface area contributed by atoms with E-state index in [2.05, 4.69) is 27.3 Å². The number of nitrogens with zero attached hydrogens (tertiary/aromatic N) is 4. The number of anilines is 4. The highest BCUT2D eigenvalue weighted by molar-refractivity contribution is 7.74. The number of thiol groups is 1. The van der Waals surface area contributed by atoms with Crippen LogP contribution in [0.3, 0.4) is 0 Å². The van der Waals surface area contributed by atoms with Crippen LogP contribution < -0.4 is 14.5 Å². The molecule has 8 nitrogen and oxygen atoms in total. The highest BCUT2D eigenvalue weighted by Gasteiger charge is 2.12. The van der Waals surface area contributed by atoms with Crippen molar-refractivity contribution in [3.05, 3.63) is 72.9 Å². The molecular formula is C25H25N5O3S. The molecule has 0 spiro atoms. The van der Waals surface area contributed by atoms with Crippen LogP contribution in [0.5, 0.6) is 0 Å². The molecule has 1 N–H and O–H groups in total. The summed E-state index contributed by atoms with van der Waals surface area (Å²) in [6.45, 7) is 3.22. The Labute approximate surface area is 199 Å². The molecule has 9 heteroatoms. The first-order valence-electron chi connectivity index (χ1n) is 11.0. The lowest BCUT2D eigenvalue weighted by Crippen LogP contribution is -2.36. The molecule has 174 valence electrons. The lowest BCUT2D eigenvalue weighted by Gasteiger charge is -2.29. The predicted molar refractivity (Wildman–Crippen MR) is 136 cm³/mol. The van der Waals surface area contributed by atoms with Crippen molar-refractivity contribution in [3.63, 3.8) is 0 Å². The number of hydrogen-bond donors (Lipinski definition) is 2. The van der Waals surface area contributed by atoms with Gasteiger partial charge >= 0.3 is 0 Å². The predicted octanol–water partition coefficient (Wildman–Crippen LogP) is 3.84. The first-order valence-corrected chi connectivity index (χ1v) is 12.2. The average Bonchev–Trinajstić information content (AvgIpc) is 2.88. The fourth-order valence-corrected chi connectivity index (χ4v) is 4.35. The van der Waals surface area contributed by atoms with Gasteiger partial charge < -0.3 is 15.0 Å². The van der Waals surface area contributed by atoms with Crippen molar-refractivity contribution in [2.45, 2.75) is 0 Å². The number of para-hydroxylation sites is 1. The third-order valence-electron chi connectivity index (χ3n) is 5.89. The van der Waals surface area contributed by atoms with Gasteiger partial charge in [-0.15, -0.1) is 0 Å². The van der Waals surface area contributed by atoms with Gasteiger partial charge in [-0.05, 0) is 35.9 Å². The molecule has 1 aliphatic rings. The van der Waals surface area contributed by atoms with Crippen LogP contribution in [0.25, 0.3) is 22.0 Å². The zero-order valence-corrected chi connectivity index (χ0v) is 19.6. The maximum absolute atomic E-state index is 11.3. The SMILES string of the molecule is CN(c1ccc(-c2cccc3cnc(Nc4cccc(N5CCOCC5)c4)nc23)cc1)[SH](=O)=O. The van der Waals surface area contributed by atoms with E-state index < -0.39 is 10.9 Å². The number of nitrogens with one attached hydrogen (secondary N) is 1. The molecule has 2 heterocycles. The number of aromatic nitrogens is 2. The molecule has 0 aliphatic carbocycles. The van der Waals surface area contributed by atoms with Gasteiger partial charge in [0.2, 0.25) is 16.8 Å². The zero-order valence-electron chi connectivity index (χ0n) is 18.7. The van der Waals surface area contributed by atoms with E-state index in [1.807, 2.05) is 48.7 Å². The molecule has 3 aromatic carbocycles. The summed E-state index contributed by atoms with van der Waals surface area (Å²) in [4.78, 5) is 11.6. The Hall–Kier alpha value is -3.69. The van der Waals surface area contributed by atoms with Crippen LogP contribution >= 0.6 is 0 Å². The summed E-state index contributed by atoms with van der Waals surface area (Å²) >= 11 is 0. The number of fused-ring (bicyclic) bond motifs is 1. The van der Waals surface area contributed by atoms with E-state index in [0.717, 1.165) is 59.7 Å². The van der Waals surface area contributed by atoms with Crippen molar-refractivity contribution >= 4 is 44.8 Å². The maximum Gasteiger partial charge on any atom is 0.227 e. The number of ether oxygens (including phenoxy) is 1. The van der Waals surface area contributed by atoms with Crippen LogP contribution in [-0.2, 0) is 15.6 Å². The van der Waals surface area contributed by atoms with E-state index in [9.17, 15) is 8.42 Å². The van der Waals surface area contributed by atoms with Crippen molar-refractivity contribution in [1.29, 1.82) is 0 Å². The monoisotopic (exact) mass is 475 g/mol. The Bertz CT molecular complexity index is 1380. The molecule has 34 heavy (non-hydrogen) atoms. The summed E-state index contributed by atoms with van der Waals surface area (Å²) in [5.74, 6) is 0.513. The molecule has 0 atom stereocenters. The largest absolute Gasteiger partial charge is 0.378 e.